The van der Waals surface area contributed by atoms with Gasteiger partial charge in [0.1, 0.15) is 27.5 Å². The van der Waals surface area contributed by atoms with E-state index >= 15 is 0 Å². The molecule has 0 aromatic heterocycles. The van der Waals surface area contributed by atoms with Crippen LogP contribution < -0.4 is 10.6 Å². The van der Waals surface area contributed by atoms with E-state index < -0.39 is 57.4 Å². The average molecular weight is 536 g/mol. The fraction of sp³-hybridized carbons (Fsp3) is 0.263. The van der Waals surface area contributed by atoms with Crippen LogP contribution in [-0.2, 0) is 4.79 Å². The van der Waals surface area contributed by atoms with Gasteiger partial charge in [0.2, 0.25) is 5.91 Å². The zero-order valence-electron chi connectivity index (χ0n) is 15.5. The predicted molar refractivity (Wildman–Crippen MR) is 111 cm³/mol. The Morgan fingerprint density at radius 3 is 2.34 bits per heavy atom. The van der Waals surface area contributed by atoms with Crippen LogP contribution in [0.25, 0.3) is 0 Å². The molecule has 2 aromatic rings. The van der Waals surface area contributed by atoms with Crippen LogP contribution in [0.3, 0.4) is 0 Å². The molecule has 32 heavy (non-hydrogen) atoms. The molecule has 4 nitrogen and oxygen atoms in total. The molecular weight excluding hydrogens is 525 g/mol. The van der Waals surface area contributed by atoms with Gasteiger partial charge in [0, 0.05) is 11.6 Å². The zero-order chi connectivity index (χ0) is 24.0. The van der Waals surface area contributed by atoms with Gasteiger partial charge in [-0.2, -0.15) is 13.2 Å². The summed E-state index contributed by atoms with van der Waals surface area (Å²) in [6.07, 6.45) is -4.63. The summed E-state index contributed by atoms with van der Waals surface area (Å²) in [4.78, 5) is 24.7. The molecule has 1 aliphatic carbocycles. The monoisotopic (exact) mass is 534 g/mol. The highest BCUT2D eigenvalue weighted by Crippen LogP contribution is 2.65. The maximum atomic E-state index is 14.3. The summed E-state index contributed by atoms with van der Waals surface area (Å²) < 4.78 is 63.0. The van der Waals surface area contributed by atoms with E-state index in [1.165, 1.54) is 12.1 Å². The molecule has 0 bridgehead atoms. The highest BCUT2D eigenvalue weighted by molar-refractivity contribution is 6.53. The van der Waals surface area contributed by atoms with Gasteiger partial charge in [-0.3, -0.25) is 9.59 Å². The van der Waals surface area contributed by atoms with E-state index in [0.717, 1.165) is 18.2 Å². The highest BCUT2D eigenvalue weighted by atomic mass is 35.5. The van der Waals surface area contributed by atoms with Gasteiger partial charge in [-0.05, 0) is 29.8 Å². The van der Waals surface area contributed by atoms with Crippen molar-refractivity contribution in [3.63, 3.8) is 0 Å². The van der Waals surface area contributed by atoms with Gasteiger partial charge in [-0.25, -0.2) is 8.78 Å². The van der Waals surface area contributed by atoms with Crippen molar-refractivity contribution in [3.05, 3.63) is 63.1 Å². The Hall–Kier alpha value is -1.81. The Labute approximate surface area is 198 Å². The summed E-state index contributed by atoms with van der Waals surface area (Å²) in [7, 11) is 0. The quantitative estimate of drug-likeness (QED) is 0.276. The second-order valence-corrected chi connectivity index (χ2v) is 9.11. The topological polar surface area (TPSA) is 58.2 Å². The Morgan fingerprint density at radius 1 is 1.06 bits per heavy atom. The summed E-state index contributed by atoms with van der Waals surface area (Å²) in [5.41, 5.74) is -0.478. The highest BCUT2D eigenvalue weighted by Gasteiger charge is 2.68. The molecule has 172 valence electrons. The number of nitrogens with one attached hydrogen (secondary N) is 2. The second kappa shape index (κ2) is 8.85. The summed E-state index contributed by atoms with van der Waals surface area (Å²) in [5, 5.41) is 3.14. The van der Waals surface area contributed by atoms with Crippen molar-refractivity contribution in [1.82, 2.24) is 5.32 Å². The van der Waals surface area contributed by atoms with Crippen LogP contribution in [0, 0.1) is 17.6 Å². The van der Waals surface area contributed by atoms with Gasteiger partial charge < -0.3 is 10.6 Å². The number of anilines is 1. The van der Waals surface area contributed by atoms with Crippen LogP contribution in [0.4, 0.5) is 27.6 Å². The predicted octanol–water partition coefficient (Wildman–Crippen LogP) is 6.09. The second-order valence-electron chi connectivity index (χ2n) is 6.88. The first-order valence-electron chi connectivity index (χ1n) is 8.70. The molecule has 2 amide bonds. The number of hydrogen-bond donors (Lipinski definition) is 2. The molecule has 3 rings (SSSR count). The van der Waals surface area contributed by atoms with Gasteiger partial charge >= 0.3 is 6.18 Å². The standard InChI is InChI=1S/C19H11Cl4F5N2O2/c20-10-3-1-7(5-9(10)16(31)29-6-18(26,27)28)30-17(32)13-12(19(13,22)23)8-2-4-11(24)14(21)15(8)25/h1-5,12-13H,6H2,(H,29,31)(H,30,32)/t12-,13-/m1/s1. The van der Waals surface area contributed by atoms with E-state index in [-0.39, 0.29) is 21.8 Å². The summed E-state index contributed by atoms with van der Waals surface area (Å²) in [6.45, 7) is -1.57. The Bertz CT molecular complexity index is 1090. The van der Waals surface area contributed by atoms with Gasteiger partial charge in [0.25, 0.3) is 5.91 Å². The Balaban J connectivity index is 1.78. The van der Waals surface area contributed by atoms with Crippen molar-refractivity contribution >= 4 is 63.9 Å². The molecule has 13 heteroatoms. The molecule has 2 aromatic carbocycles. The van der Waals surface area contributed by atoms with Crippen molar-refractivity contribution in [2.75, 3.05) is 11.9 Å². The lowest BCUT2D eigenvalue weighted by Crippen LogP contribution is -2.33. The third-order valence-electron chi connectivity index (χ3n) is 4.66. The number of rotatable bonds is 5. The molecule has 2 atom stereocenters. The third kappa shape index (κ3) is 5.06. The van der Waals surface area contributed by atoms with Gasteiger partial charge in [-0.15, -0.1) is 23.2 Å². The van der Waals surface area contributed by atoms with E-state index in [9.17, 15) is 31.5 Å². The van der Waals surface area contributed by atoms with Crippen LogP contribution in [-0.4, -0.2) is 28.9 Å². The van der Waals surface area contributed by atoms with E-state index in [1.807, 2.05) is 0 Å². The lowest BCUT2D eigenvalue weighted by molar-refractivity contribution is -0.123. The molecule has 1 fully saturated rings. The fourth-order valence-corrected chi connectivity index (χ4v) is 4.28. The fourth-order valence-electron chi connectivity index (χ4n) is 3.09. The minimum atomic E-state index is -4.63. The van der Waals surface area contributed by atoms with E-state index in [2.05, 4.69) is 5.32 Å². The summed E-state index contributed by atoms with van der Waals surface area (Å²) in [6, 6.07) is 5.51. The van der Waals surface area contributed by atoms with Crippen molar-refractivity contribution in [1.29, 1.82) is 0 Å². The lowest BCUT2D eigenvalue weighted by Gasteiger charge is -2.11. The van der Waals surface area contributed by atoms with Crippen molar-refractivity contribution in [2.45, 2.75) is 16.4 Å². The molecule has 1 saturated carbocycles. The van der Waals surface area contributed by atoms with E-state index in [4.69, 9.17) is 46.4 Å². The normalized spacial score (nSPS) is 19.4. The molecule has 0 radical (unpaired) electrons. The maximum Gasteiger partial charge on any atom is 0.405 e. The lowest BCUT2D eigenvalue weighted by atomic mass is 10.1. The smallest absolute Gasteiger partial charge is 0.343 e. The largest absolute Gasteiger partial charge is 0.405 e. The molecular formula is C19H11Cl4F5N2O2. The molecule has 0 spiro atoms. The zero-order valence-corrected chi connectivity index (χ0v) is 18.5. The molecule has 0 heterocycles. The van der Waals surface area contributed by atoms with Crippen LogP contribution >= 0.6 is 46.4 Å². The first-order chi connectivity index (χ1) is 14.7. The molecule has 1 aliphatic rings. The molecule has 0 saturated heterocycles. The summed E-state index contributed by atoms with van der Waals surface area (Å²) >= 11 is 23.7. The molecule has 2 N–H and O–H groups in total. The average Bonchev–Trinajstić information content (AvgIpc) is 3.27. The number of amides is 2. The van der Waals surface area contributed by atoms with Crippen LogP contribution in [0.2, 0.25) is 10.0 Å². The van der Waals surface area contributed by atoms with Crippen LogP contribution in [0.1, 0.15) is 21.8 Å². The molecule has 0 unspecified atom stereocenters. The number of halogens is 9. The van der Waals surface area contributed by atoms with Crippen LogP contribution in [0.15, 0.2) is 30.3 Å². The number of carbonyl (C=O) groups excluding carboxylic acids is 2. The maximum absolute atomic E-state index is 14.3. The Kier molecular flexibility index (Phi) is 6.87. The minimum Gasteiger partial charge on any atom is -0.343 e. The number of hydrogen-bond acceptors (Lipinski definition) is 2. The first kappa shape index (κ1) is 24.8. The minimum absolute atomic E-state index is 0.00366. The SMILES string of the molecule is O=C(NCC(F)(F)F)c1cc(NC(=O)[C@H]2[C@@H](c3ccc(F)c(Cl)c3F)C2(Cl)Cl)ccc1Cl. The number of alkyl halides is 5. The summed E-state index contributed by atoms with van der Waals surface area (Å²) in [5.74, 6) is -6.20. The van der Waals surface area contributed by atoms with E-state index in [0.29, 0.717) is 0 Å². The van der Waals surface area contributed by atoms with Gasteiger partial charge in [0.15, 0.2) is 0 Å². The van der Waals surface area contributed by atoms with Crippen molar-refractivity contribution in [2.24, 2.45) is 5.92 Å². The number of benzene rings is 2. The van der Waals surface area contributed by atoms with Crippen molar-refractivity contribution < 1.29 is 31.5 Å². The third-order valence-corrected chi connectivity index (χ3v) is 6.28. The van der Waals surface area contributed by atoms with Crippen molar-refractivity contribution in [3.8, 4) is 0 Å². The van der Waals surface area contributed by atoms with Crippen LogP contribution in [0.5, 0.6) is 0 Å². The van der Waals surface area contributed by atoms with Gasteiger partial charge in [-0.1, -0.05) is 29.3 Å². The van der Waals surface area contributed by atoms with E-state index in [1.54, 1.807) is 5.32 Å². The number of carbonyl (C=O) groups is 2. The Morgan fingerprint density at radius 2 is 1.72 bits per heavy atom. The molecule has 0 aliphatic heterocycles. The van der Waals surface area contributed by atoms with Gasteiger partial charge in [0.05, 0.1) is 16.5 Å². The first-order valence-corrected chi connectivity index (χ1v) is 10.2.